The lowest BCUT2D eigenvalue weighted by Crippen LogP contribution is -2.16. The molecule has 1 aromatic heterocycles. The van der Waals surface area contributed by atoms with E-state index in [1.54, 1.807) is 54.6 Å². The molecule has 0 amide bonds. The van der Waals surface area contributed by atoms with Crippen LogP contribution in [0.3, 0.4) is 0 Å². The maximum Gasteiger partial charge on any atom is 0.269 e. The van der Waals surface area contributed by atoms with Crippen molar-refractivity contribution in [1.29, 1.82) is 0 Å². The van der Waals surface area contributed by atoms with E-state index in [0.717, 1.165) is 5.56 Å². The largest absolute Gasteiger partial charge is 0.269 e. The van der Waals surface area contributed by atoms with Crippen LogP contribution in [-0.2, 0) is 16.4 Å². The monoisotopic (exact) mass is 380 g/mol. The van der Waals surface area contributed by atoms with Crippen LogP contribution in [0.25, 0.3) is 11.0 Å². The molecule has 0 atom stereocenters. The van der Waals surface area contributed by atoms with Gasteiger partial charge in [0, 0.05) is 6.42 Å². The van der Waals surface area contributed by atoms with E-state index in [-0.39, 0.29) is 17.1 Å². The number of aryl methyl sites for hydroxylation is 1. The van der Waals surface area contributed by atoms with Gasteiger partial charge >= 0.3 is 0 Å². The maximum atomic E-state index is 13.6. The Morgan fingerprint density at radius 3 is 2.44 bits per heavy atom. The van der Waals surface area contributed by atoms with Gasteiger partial charge in [0.25, 0.3) is 10.0 Å². The summed E-state index contributed by atoms with van der Waals surface area (Å²) in [4.78, 5) is 4.70. The minimum Gasteiger partial charge on any atom is -0.232 e. The molecule has 6 heteroatoms. The van der Waals surface area contributed by atoms with E-state index in [2.05, 4.69) is 4.98 Å². The van der Waals surface area contributed by atoms with Crippen LogP contribution in [-0.4, -0.2) is 17.4 Å². The first-order valence-corrected chi connectivity index (χ1v) is 9.92. The highest BCUT2D eigenvalue weighted by Gasteiger charge is 2.24. The number of nitrogens with zero attached hydrogens (tertiary/aromatic N) is 2. The Bertz CT molecular complexity index is 1230. The summed E-state index contributed by atoms with van der Waals surface area (Å²) in [7, 11) is -3.84. The molecular formula is C21H17FN2O2S. The zero-order valence-corrected chi connectivity index (χ0v) is 15.4. The maximum absolute atomic E-state index is 13.6. The number of fused-ring (bicyclic) bond motifs is 1. The molecule has 4 rings (SSSR count). The van der Waals surface area contributed by atoms with Crippen molar-refractivity contribution in [3.63, 3.8) is 0 Å². The first kappa shape index (κ1) is 17.4. The fourth-order valence-electron chi connectivity index (χ4n) is 3.08. The van der Waals surface area contributed by atoms with E-state index in [1.807, 2.05) is 13.0 Å². The van der Waals surface area contributed by atoms with Gasteiger partial charge in [0.2, 0.25) is 0 Å². The van der Waals surface area contributed by atoms with E-state index >= 15 is 0 Å². The number of benzene rings is 3. The number of halogens is 1. The Morgan fingerprint density at radius 2 is 1.70 bits per heavy atom. The van der Waals surface area contributed by atoms with E-state index in [0.29, 0.717) is 22.4 Å². The molecule has 0 aliphatic heterocycles. The van der Waals surface area contributed by atoms with Crippen molar-refractivity contribution in [3.8, 4) is 0 Å². The van der Waals surface area contributed by atoms with Gasteiger partial charge in [0.1, 0.15) is 11.6 Å². The number of hydrogen-bond donors (Lipinski definition) is 0. The molecule has 0 N–H and O–H groups in total. The van der Waals surface area contributed by atoms with Crippen LogP contribution in [0.5, 0.6) is 0 Å². The van der Waals surface area contributed by atoms with Crippen LogP contribution < -0.4 is 0 Å². The summed E-state index contributed by atoms with van der Waals surface area (Å²) in [6.45, 7) is 1.90. The standard InChI is InChI=1S/C21H17FN2O2S/c1-15-9-11-18(12-10-15)27(25,26)24-20-8-3-2-7-19(20)23-21(24)14-16-5-4-6-17(22)13-16/h2-13H,14H2,1H3. The molecule has 0 fully saturated rings. The molecule has 0 bridgehead atoms. The van der Waals surface area contributed by atoms with Crippen molar-refractivity contribution in [3.05, 3.63) is 95.6 Å². The highest BCUT2D eigenvalue weighted by molar-refractivity contribution is 7.90. The molecule has 0 aliphatic rings. The predicted octanol–water partition coefficient (Wildman–Crippen LogP) is 4.31. The van der Waals surface area contributed by atoms with Crippen molar-refractivity contribution < 1.29 is 12.8 Å². The molecule has 0 aliphatic carbocycles. The number of rotatable bonds is 4. The van der Waals surface area contributed by atoms with E-state index in [1.165, 1.54) is 16.1 Å². The number of imidazole rings is 1. The quantitative estimate of drug-likeness (QED) is 0.530. The molecule has 0 saturated heterocycles. The molecule has 0 radical (unpaired) electrons. The Labute approximate surface area is 157 Å². The zero-order chi connectivity index (χ0) is 19.0. The van der Waals surface area contributed by atoms with Gasteiger partial charge in [-0.15, -0.1) is 0 Å². The van der Waals surface area contributed by atoms with E-state index in [9.17, 15) is 12.8 Å². The van der Waals surface area contributed by atoms with Gasteiger partial charge in [-0.3, -0.25) is 0 Å². The van der Waals surface area contributed by atoms with Crippen LogP contribution in [0, 0.1) is 12.7 Å². The smallest absolute Gasteiger partial charge is 0.232 e. The molecular weight excluding hydrogens is 363 g/mol. The molecule has 1 heterocycles. The normalized spacial score (nSPS) is 11.8. The van der Waals surface area contributed by atoms with Crippen molar-refractivity contribution in [2.24, 2.45) is 0 Å². The van der Waals surface area contributed by atoms with E-state index in [4.69, 9.17) is 0 Å². The first-order chi connectivity index (χ1) is 12.9. The fourth-order valence-corrected chi connectivity index (χ4v) is 4.57. The summed E-state index contributed by atoms with van der Waals surface area (Å²) < 4.78 is 41.5. The lowest BCUT2D eigenvalue weighted by molar-refractivity contribution is 0.586. The average Bonchev–Trinajstić information content (AvgIpc) is 3.00. The molecule has 0 saturated carbocycles. The Balaban J connectivity index is 1.91. The van der Waals surface area contributed by atoms with Crippen LogP contribution in [0.4, 0.5) is 4.39 Å². The summed E-state index contributed by atoms with van der Waals surface area (Å²) in [6, 6.07) is 19.9. The topological polar surface area (TPSA) is 52.0 Å². The lowest BCUT2D eigenvalue weighted by atomic mass is 10.1. The summed E-state index contributed by atoms with van der Waals surface area (Å²) in [5.41, 5.74) is 2.72. The minimum absolute atomic E-state index is 0.191. The second kappa shape index (κ2) is 6.63. The third-order valence-corrected chi connectivity index (χ3v) is 6.15. The van der Waals surface area contributed by atoms with Crippen molar-refractivity contribution in [2.45, 2.75) is 18.2 Å². The van der Waals surface area contributed by atoms with Gasteiger partial charge in [-0.2, -0.15) is 0 Å². The number of para-hydroxylation sites is 2. The second-order valence-electron chi connectivity index (χ2n) is 6.41. The lowest BCUT2D eigenvalue weighted by Gasteiger charge is -2.11. The van der Waals surface area contributed by atoms with Crippen molar-refractivity contribution in [2.75, 3.05) is 0 Å². The van der Waals surface area contributed by atoms with Crippen molar-refractivity contribution in [1.82, 2.24) is 8.96 Å². The number of aromatic nitrogens is 2. The van der Waals surface area contributed by atoms with Gasteiger partial charge in [-0.25, -0.2) is 21.8 Å². The highest BCUT2D eigenvalue weighted by Crippen LogP contribution is 2.25. The molecule has 4 nitrogen and oxygen atoms in total. The van der Waals surface area contributed by atoms with Crippen molar-refractivity contribution >= 4 is 21.1 Å². The molecule has 3 aromatic carbocycles. The predicted molar refractivity (Wildman–Crippen MR) is 103 cm³/mol. The van der Waals surface area contributed by atoms with Crippen LogP contribution in [0.2, 0.25) is 0 Å². The summed E-state index contributed by atoms with van der Waals surface area (Å²) in [6.07, 6.45) is 0.206. The van der Waals surface area contributed by atoms with Crippen LogP contribution in [0.15, 0.2) is 77.7 Å². The Hall–Kier alpha value is -2.99. The highest BCUT2D eigenvalue weighted by atomic mass is 32.2. The van der Waals surface area contributed by atoms with E-state index < -0.39 is 10.0 Å². The minimum atomic E-state index is -3.84. The van der Waals surface area contributed by atoms with Gasteiger partial charge < -0.3 is 0 Å². The van der Waals surface area contributed by atoms with Gasteiger partial charge in [0.05, 0.1) is 15.9 Å². The zero-order valence-electron chi connectivity index (χ0n) is 14.6. The molecule has 136 valence electrons. The van der Waals surface area contributed by atoms with Crippen LogP contribution >= 0.6 is 0 Å². The van der Waals surface area contributed by atoms with Gasteiger partial charge in [-0.1, -0.05) is 42.0 Å². The third-order valence-electron chi connectivity index (χ3n) is 4.39. The Kier molecular flexibility index (Phi) is 4.28. The molecule has 0 spiro atoms. The van der Waals surface area contributed by atoms with Gasteiger partial charge in [-0.05, 0) is 48.9 Å². The SMILES string of the molecule is Cc1ccc(S(=O)(=O)n2c(Cc3cccc(F)c3)nc3ccccc32)cc1. The molecule has 27 heavy (non-hydrogen) atoms. The Morgan fingerprint density at radius 1 is 0.963 bits per heavy atom. The van der Waals surface area contributed by atoms with Crippen LogP contribution in [0.1, 0.15) is 17.0 Å². The summed E-state index contributed by atoms with van der Waals surface area (Å²) in [5, 5.41) is 0. The van der Waals surface area contributed by atoms with Gasteiger partial charge in [0.15, 0.2) is 0 Å². The average molecular weight is 380 g/mol. The fraction of sp³-hybridized carbons (Fsp3) is 0.0952. The number of hydrogen-bond acceptors (Lipinski definition) is 3. The first-order valence-electron chi connectivity index (χ1n) is 8.48. The molecule has 0 unspecified atom stereocenters. The molecule has 4 aromatic rings. The third kappa shape index (κ3) is 3.24. The second-order valence-corrected chi connectivity index (χ2v) is 8.19. The summed E-state index contributed by atoms with van der Waals surface area (Å²) in [5.74, 6) is -0.0149. The summed E-state index contributed by atoms with van der Waals surface area (Å²) >= 11 is 0.